The molecule has 1 N–H and O–H groups in total. The zero-order chi connectivity index (χ0) is 15.1. The highest BCUT2D eigenvalue weighted by molar-refractivity contribution is 5.80. The molecule has 1 heterocycles. The van der Waals surface area contributed by atoms with Crippen LogP contribution < -0.4 is 10.2 Å². The lowest BCUT2D eigenvalue weighted by atomic mass is 10.2. The van der Waals surface area contributed by atoms with E-state index in [9.17, 15) is 0 Å². The summed E-state index contributed by atoms with van der Waals surface area (Å²) in [5.41, 5.74) is 2.67. The summed E-state index contributed by atoms with van der Waals surface area (Å²) in [6.45, 7) is 9.59. The van der Waals surface area contributed by atoms with E-state index in [0.29, 0.717) is 0 Å². The Morgan fingerprint density at radius 2 is 2.00 bits per heavy atom. The molecule has 0 unspecified atom stereocenters. The third kappa shape index (κ3) is 4.13. The van der Waals surface area contributed by atoms with Crippen LogP contribution in [-0.4, -0.2) is 50.6 Å². The van der Waals surface area contributed by atoms with Crippen LogP contribution in [0.4, 0.5) is 5.69 Å². The largest absolute Gasteiger partial charge is 0.370 e. The van der Waals surface area contributed by atoms with E-state index in [1.54, 1.807) is 0 Å². The van der Waals surface area contributed by atoms with Crippen LogP contribution in [-0.2, 0) is 0 Å². The smallest absolute Gasteiger partial charge is 0.193 e. The lowest BCUT2D eigenvalue weighted by Crippen LogP contribution is -2.43. The molecule has 21 heavy (non-hydrogen) atoms. The number of anilines is 1. The van der Waals surface area contributed by atoms with Crippen LogP contribution in [0.25, 0.3) is 0 Å². The highest BCUT2D eigenvalue weighted by Gasteiger charge is 2.15. The van der Waals surface area contributed by atoms with Crippen LogP contribution in [0.15, 0.2) is 29.3 Å². The molecule has 0 amide bonds. The zero-order valence-corrected chi connectivity index (χ0v) is 13.6. The normalized spacial score (nSPS) is 15.4. The number of nitrogens with one attached hydrogen (secondary N) is 1. The number of likely N-dealkylation sites (N-methyl/N-ethyl adjacent to an activating group) is 1. The number of rotatable bonds is 5. The van der Waals surface area contributed by atoms with Crippen LogP contribution >= 0.6 is 0 Å². The maximum Gasteiger partial charge on any atom is 0.193 e. The summed E-state index contributed by atoms with van der Waals surface area (Å²) < 4.78 is 0. The monoisotopic (exact) mass is 288 g/mol. The number of hydrogen-bond acceptors (Lipinski definition) is 2. The minimum Gasteiger partial charge on any atom is -0.370 e. The van der Waals surface area contributed by atoms with Gasteiger partial charge >= 0.3 is 0 Å². The summed E-state index contributed by atoms with van der Waals surface area (Å²) in [5.74, 6) is 1.05. The van der Waals surface area contributed by atoms with Gasteiger partial charge in [0.1, 0.15) is 0 Å². The summed E-state index contributed by atoms with van der Waals surface area (Å²) in [5, 5.41) is 3.50. The topological polar surface area (TPSA) is 30.9 Å². The van der Waals surface area contributed by atoms with Crippen molar-refractivity contribution in [3.63, 3.8) is 0 Å². The summed E-state index contributed by atoms with van der Waals surface area (Å²) in [6.07, 6.45) is 2.57. The van der Waals surface area contributed by atoms with Crippen molar-refractivity contribution >= 4 is 11.6 Å². The molecule has 1 aromatic rings. The van der Waals surface area contributed by atoms with Crippen LogP contribution in [0.2, 0.25) is 0 Å². The Balaban J connectivity index is 1.87. The summed E-state index contributed by atoms with van der Waals surface area (Å²) in [4.78, 5) is 9.16. The second-order valence-corrected chi connectivity index (χ2v) is 5.53. The van der Waals surface area contributed by atoms with Crippen LogP contribution in [0.3, 0.4) is 0 Å². The first-order valence-electron chi connectivity index (χ1n) is 8.02. The predicted molar refractivity (Wildman–Crippen MR) is 91.2 cm³/mol. The fraction of sp³-hybridized carbons (Fsp3) is 0.588. The van der Waals surface area contributed by atoms with E-state index in [0.717, 1.165) is 38.7 Å². The van der Waals surface area contributed by atoms with E-state index in [-0.39, 0.29) is 0 Å². The molecule has 1 aliphatic rings. The van der Waals surface area contributed by atoms with Gasteiger partial charge in [-0.25, -0.2) is 0 Å². The van der Waals surface area contributed by atoms with Gasteiger partial charge in [-0.15, -0.1) is 0 Å². The molecule has 2 rings (SSSR count). The van der Waals surface area contributed by atoms with E-state index >= 15 is 0 Å². The standard InChI is InChI=1S/C17H28N4/c1-4-20(16-10-6-5-9-15(16)2)14-11-19-17(18-3)21-12-7-8-13-21/h5-6,9-10H,4,7-8,11-14H2,1-3H3,(H,18,19). The third-order valence-electron chi connectivity index (χ3n) is 4.12. The Bertz CT molecular complexity index is 464. The van der Waals surface area contributed by atoms with Crippen molar-refractivity contribution in [1.29, 1.82) is 0 Å². The minimum atomic E-state index is 0.922. The molecule has 1 saturated heterocycles. The van der Waals surface area contributed by atoms with E-state index in [4.69, 9.17) is 0 Å². The van der Waals surface area contributed by atoms with Gasteiger partial charge in [-0.05, 0) is 38.3 Å². The number of likely N-dealkylation sites (tertiary alicyclic amines) is 1. The molecule has 4 heteroatoms. The zero-order valence-electron chi connectivity index (χ0n) is 13.6. The Morgan fingerprint density at radius 3 is 2.62 bits per heavy atom. The first-order chi connectivity index (χ1) is 10.3. The Labute approximate surface area is 128 Å². The van der Waals surface area contributed by atoms with Crippen molar-refractivity contribution in [2.75, 3.05) is 44.7 Å². The van der Waals surface area contributed by atoms with Gasteiger partial charge < -0.3 is 15.1 Å². The summed E-state index contributed by atoms with van der Waals surface area (Å²) in [7, 11) is 1.87. The Hall–Kier alpha value is -1.71. The van der Waals surface area contributed by atoms with Gasteiger partial charge in [-0.2, -0.15) is 0 Å². The molecule has 0 saturated carbocycles. The molecule has 4 nitrogen and oxygen atoms in total. The van der Waals surface area contributed by atoms with Gasteiger partial charge in [0, 0.05) is 45.5 Å². The van der Waals surface area contributed by atoms with Crippen LogP contribution in [0.1, 0.15) is 25.3 Å². The maximum absolute atomic E-state index is 4.40. The van der Waals surface area contributed by atoms with Crippen LogP contribution in [0, 0.1) is 6.92 Å². The van der Waals surface area contributed by atoms with Crippen LogP contribution in [0.5, 0.6) is 0 Å². The number of para-hydroxylation sites is 1. The lowest BCUT2D eigenvalue weighted by molar-refractivity contribution is 0.494. The Morgan fingerprint density at radius 1 is 1.29 bits per heavy atom. The molecule has 1 aromatic carbocycles. The van der Waals surface area contributed by atoms with Crippen molar-refractivity contribution in [3.8, 4) is 0 Å². The molecule has 0 aromatic heterocycles. The molecule has 0 aliphatic carbocycles. The molecule has 1 fully saturated rings. The fourth-order valence-corrected chi connectivity index (χ4v) is 2.93. The van der Waals surface area contributed by atoms with Gasteiger partial charge in [0.2, 0.25) is 0 Å². The van der Waals surface area contributed by atoms with E-state index in [2.05, 4.69) is 58.2 Å². The van der Waals surface area contributed by atoms with Crippen molar-refractivity contribution in [3.05, 3.63) is 29.8 Å². The highest BCUT2D eigenvalue weighted by Crippen LogP contribution is 2.18. The van der Waals surface area contributed by atoms with Gasteiger partial charge in [-0.3, -0.25) is 4.99 Å². The molecular formula is C17H28N4. The van der Waals surface area contributed by atoms with E-state index in [1.807, 2.05) is 7.05 Å². The number of hydrogen-bond donors (Lipinski definition) is 1. The van der Waals surface area contributed by atoms with Crippen molar-refractivity contribution in [1.82, 2.24) is 10.2 Å². The molecule has 1 aliphatic heterocycles. The molecule has 116 valence electrons. The average molecular weight is 288 g/mol. The number of benzene rings is 1. The molecule has 0 radical (unpaired) electrons. The fourth-order valence-electron chi connectivity index (χ4n) is 2.93. The van der Waals surface area contributed by atoms with E-state index in [1.165, 1.54) is 24.1 Å². The van der Waals surface area contributed by atoms with Crippen molar-refractivity contribution in [2.24, 2.45) is 4.99 Å². The van der Waals surface area contributed by atoms with Gasteiger partial charge in [-0.1, -0.05) is 18.2 Å². The third-order valence-corrected chi connectivity index (χ3v) is 4.12. The number of guanidine groups is 1. The van der Waals surface area contributed by atoms with Gasteiger partial charge in [0.15, 0.2) is 5.96 Å². The number of aryl methyl sites for hydroxylation is 1. The van der Waals surface area contributed by atoms with Gasteiger partial charge in [0.05, 0.1) is 0 Å². The predicted octanol–water partition coefficient (Wildman–Crippen LogP) is 2.49. The van der Waals surface area contributed by atoms with E-state index < -0.39 is 0 Å². The quantitative estimate of drug-likeness (QED) is 0.667. The molecular weight excluding hydrogens is 260 g/mol. The van der Waals surface area contributed by atoms with Gasteiger partial charge in [0.25, 0.3) is 0 Å². The SMILES string of the molecule is CCN(CCNC(=NC)N1CCCC1)c1ccccc1C. The average Bonchev–Trinajstić information content (AvgIpc) is 3.03. The van der Waals surface area contributed by atoms with Crippen molar-refractivity contribution < 1.29 is 0 Å². The van der Waals surface area contributed by atoms with Crippen molar-refractivity contribution in [2.45, 2.75) is 26.7 Å². The molecule has 0 bridgehead atoms. The first kappa shape index (κ1) is 15.7. The summed E-state index contributed by atoms with van der Waals surface area (Å²) >= 11 is 0. The molecule has 0 atom stereocenters. The Kier molecular flexibility index (Phi) is 5.90. The molecule has 0 spiro atoms. The maximum atomic E-state index is 4.40. The number of nitrogens with zero attached hydrogens (tertiary/aromatic N) is 3. The summed E-state index contributed by atoms with van der Waals surface area (Å²) in [6, 6.07) is 8.59. The first-order valence-corrected chi connectivity index (χ1v) is 8.02. The highest BCUT2D eigenvalue weighted by atomic mass is 15.3. The second-order valence-electron chi connectivity index (χ2n) is 5.53. The second kappa shape index (κ2) is 7.91. The lowest BCUT2D eigenvalue weighted by Gasteiger charge is -2.27. The minimum absolute atomic E-state index is 0.922. The number of aliphatic imine (C=N–C) groups is 1.